The van der Waals surface area contributed by atoms with Crippen molar-refractivity contribution < 1.29 is 4.21 Å². The SMILES string of the molecule is CS(=O)CCCNC1=NCC(c2ccccc2)S1. The average Bonchev–Trinajstić information content (AvgIpc) is 2.84. The first-order valence-electron chi connectivity index (χ1n) is 6.05. The number of benzene rings is 1. The van der Waals surface area contributed by atoms with E-state index in [0.29, 0.717) is 5.25 Å². The summed E-state index contributed by atoms with van der Waals surface area (Å²) in [4.78, 5) is 4.50. The van der Waals surface area contributed by atoms with Crippen LogP contribution in [0.5, 0.6) is 0 Å². The van der Waals surface area contributed by atoms with E-state index < -0.39 is 10.8 Å². The van der Waals surface area contributed by atoms with Gasteiger partial charge in [-0.25, -0.2) is 0 Å². The second-order valence-corrected chi connectivity index (χ2v) is 6.97. The molecule has 2 atom stereocenters. The predicted molar refractivity (Wildman–Crippen MR) is 80.6 cm³/mol. The Balaban J connectivity index is 1.73. The van der Waals surface area contributed by atoms with Gasteiger partial charge in [0.1, 0.15) is 0 Å². The lowest BCUT2D eigenvalue weighted by Gasteiger charge is -2.09. The monoisotopic (exact) mass is 282 g/mol. The van der Waals surface area contributed by atoms with Crippen LogP contribution in [0.25, 0.3) is 0 Å². The number of hydrogen-bond donors (Lipinski definition) is 1. The minimum absolute atomic E-state index is 0.439. The van der Waals surface area contributed by atoms with Crippen molar-refractivity contribution in [2.75, 3.05) is 25.1 Å². The lowest BCUT2D eigenvalue weighted by Crippen LogP contribution is -2.21. The van der Waals surface area contributed by atoms with Gasteiger partial charge in [-0.2, -0.15) is 0 Å². The lowest BCUT2D eigenvalue weighted by atomic mass is 10.1. The van der Waals surface area contributed by atoms with Crippen LogP contribution in [0.15, 0.2) is 35.3 Å². The molecule has 1 N–H and O–H groups in total. The molecule has 2 unspecified atom stereocenters. The van der Waals surface area contributed by atoms with E-state index in [4.69, 9.17) is 0 Å². The van der Waals surface area contributed by atoms with Gasteiger partial charge in [0.05, 0.1) is 11.8 Å². The van der Waals surface area contributed by atoms with Gasteiger partial charge in [-0.15, -0.1) is 0 Å². The van der Waals surface area contributed by atoms with Crippen molar-refractivity contribution in [1.82, 2.24) is 5.32 Å². The quantitative estimate of drug-likeness (QED) is 0.842. The highest BCUT2D eigenvalue weighted by atomic mass is 32.2. The van der Waals surface area contributed by atoms with Crippen LogP contribution < -0.4 is 5.32 Å². The van der Waals surface area contributed by atoms with Gasteiger partial charge in [0.15, 0.2) is 5.17 Å². The summed E-state index contributed by atoms with van der Waals surface area (Å²) in [6.45, 7) is 1.70. The fourth-order valence-corrected chi connectivity index (χ4v) is 3.38. The molecule has 3 nitrogen and oxygen atoms in total. The molecule has 0 aliphatic carbocycles. The van der Waals surface area contributed by atoms with E-state index in [9.17, 15) is 4.21 Å². The third kappa shape index (κ3) is 4.14. The number of nitrogens with one attached hydrogen (secondary N) is 1. The lowest BCUT2D eigenvalue weighted by molar-refractivity contribution is 0.683. The Bertz CT molecular complexity index is 434. The minimum atomic E-state index is -0.692. The van der Waals surface area contributed by atoms with Gasteiger partial charge in [-0.3, -0.25) is 9.20 Å². The van der Waals surface area contributed by atoms with E-state index in [1.54, 1.807) is 18.0 Å². The highest BCUT2D eigenvalue weighted by molar-refractivity contribution is 8.14. The fourth-order valence-electron chi connectivity index (χ4n) is 1.78. The van der Waals surface area contributed by atoms with E-state index in [1.807, 2.05) is 6.07 Å². The normalized spacial score (nSPS) is 20.5. The van der Waals surface area contributed by atoms with Crippen LogP contribution in [-0.2, 0) is 10.8 Å². The fraction of sp³-hybridized carbons (Fsp3) is 0.462. The Morgan fingerprint density at radius 2 is 2.22 bits per heavy atom. The summed E-state index contributed by atoms with van der Waals surface area (Å²) >= 11 is 1.79. The summed E-state index contributed by atoms with van der Waals surface area (Å²) in [5.41, 5.74) is 1.33. The number of hydrogen-bond acceptors (Lipinski definition) is 4. The number of thioether (sulfide) groups is 1. The molecule has 0 saturated carbocycles. The first-order chi connectivity index (χ1) is 8.75. The Kier molecular flexibility index (Phi) is 5.26. The predicted octanol–water partition coefficient (Wildman–Crippen LogP) is 2.19. The van der Waals surface area contributed by atoms with E-state index in [0.717, 1.165) is 30.4 Å². The van der Waals surface area contributed by atoms with E-state index in [2.05, 4.69) is 34.6 Å². The van der Waals surface area contributed by atoms with Crippen molar-refractivity contribution in [3.8, 4) is 0 Å². The molecule has 1 aromatic rings. The zero-order valence-corrected chi connectivity index (χ0v) is 12.1. The molecule has 1 aromatic carbocycles. The number of nitrogens with zero attached hydrogens (tertiary/aromatic N) is 1. The highest BCUT2D eigenvalue weighted by Crippen LogP contribution is 2.33. The van der Waals surface area contributed by atoms with Crippen molar-refractivity contribution in [2.45, 2.75) is 11.7 Å². The molecule has 0 bridgehead atoms. The molecular formula is C13H18N2OS2. The molecular weight excluding hydrogens is 264 g/mol. The Morgan fingerprint density at radius 3 is 2.94 bits per heavy atom. The summed E-state index contributed by atoms with van der Waals surface area (Å²) in [5.74, 6) is 0.757. The molecule has 1 heterocycles. The van der Waals surface area contributed by atoms with Crippen molar-refractivity contribution in [1.29, 1.82) is 0 Å². The van der Waals surface area contributed by atoms with Gasteiger partial charge >= 0.3 is 0 Å². The molecule has 5 heteroatoms. The molecule has 1 aliphatic heterocycles. The third-order valence-electron chi connectivity index (χ3n) is 2.71. The molecule has 0 aromatic heterocycles. The van der Waals surface area contributed by atoms with Crippen LogP contribution >= 0.6 is 11.8 Å². The molecule has 98 valence electrons. The first-order valence-corrected chi connectivity index (χ1v) is 8.66. The highest BCUT2D eigenvalue weighted by Gasteiger charge is 2.20. The van der Waals surface area contributed by atoms with Crippen molar-refractivity contribution in [3.05, 3.63) is 35.9 Å². The van der Waals surface area contributed by atoms with Gasteiger partial charge in [0, 0.05) is 29.4 Å². The van der Waals surface area contributed by atoms with Gasteiger partial charge in [0.25, 0.3) is 0 Å². The standard InChI is InChI=1S/C13H18N2OS2/c1-18(16)9-5-8-14-13-15-10-12(17-13)11-6-3-2-4-7-11/h2-4,6-7,12H,5,8-10H2,1H3,(H,14,15). The van der Waals surface area contributed by atoms with Gasteiger partial charge in [-0.1, -0.05) is 42.1 Å². The van der Waals surface area contributed by atoms with Crippen LogP contribution in [0.3, 0.4) is 0 Å². The summed E-state index contributed by atoms with van der Waals surface area (Å²) < 4.78 is 10.9. The maximum Gasteiger partial charge on any atom is 0.157 e. The molecule has 0 spiro atoms. The molecule has 0 saturated heterocycles. The largest absolute Gasteiger partial charge is 0.365 e. The minimum Gasteiger partial charge on any atom is -0.365 e. The Hall–Kier alpha value is -0.810. The second-order valence-electron chi connectivity index (χ2n) is 4.22. The number of amidine groups is 1. The number of rotatable bonds is 5. The number of aliphatic imine (C=N–C) groups is 1. The first kappa shape index (κ1) is 13.6. The Labute approximate surface area is 115 Å². The summed E-state index contributed by atoms with van der Waals surface area (Å²) in [6, 6.07) is 10.5. The molecule has 18 heavy (non-hydrogen) atoms. The topological polar surface area (TPSA) is 41.5 Å². The van der Waals surface area contributed by atoms with E-state index >= 15 is 0 Å². The molecule has 2 rings (SSSR count). The van der Waals surface area contributed by atoms with Gasteiger partial charge in [-0.05, 0) is 12.0 Å². The average molecular weight is 282 g/mol. The van der Waals surface area contributed by atoms with Crippen LogP contribution in [-0.4, -0.2) is 34.5 Å². The van der Waals surface area contributed by atoms with E-state index in [-0.39, 0.29) is 0 Å². The van der Waals surface area contributed by atoms with Crippen LogP contribution in [0.1, 0.15) is 17.2 Å². The summed E-state index contributed by atoms with van der Waals surface area (Å²) in [7, 11) is -0.692. The summed E-state index contributed by atoms with van der Waals surface area (Å²) in [6.07, 6.45) is 2.67. The molecule has 0 amide bonds. The molecule has 0 radical (unpaired) electrons. The zero-order chi connectivity index (χ0) is 12.8. The second kappa shape index (κ2) is 6.95. The van der Waals surface area contributed by atoms with Gasteiger partial charge < -0.3 is 5.32 Å². The van der Waals surface area contributed by atoms with Crippen molar-refractivity contribution in [2.24, 2.45) is 4.99 Å². The third-order valence-corrected chi connectivity index (χ3v) is 4.78. The Morgan fingerprint density at radius 1 is 1.44 bits per heavy atom. The van der Waals surface area contributed by atoms with Crippen molar-refractivity contribution >= 4 is 27.7 Å². The van der Waals surface area contributed by atoms with Gasteiger partial charge in [0.2, 0.25) is 0 Å². The zero-order valence-electron chi connectivity index (χ0n) is 10.5. The van der Waals surface area contributed by atoms with Crippen molar-refractivity contribution in [3.63, 3.8) is 0 Å². The van der Waals surface area contributed by atoms with Crippen LogP contribution in [0, 0.1) is 0 Å². The van der Waals surface area contributed by atoms with Crippen LogP contribution in [0.2, 0.25) is 0 Å². The smallest absolute Gasteiger partial charge is 0.157 e. The maximum absolute atomic E-state index is 10.9. The molecule has 1 aliphatic rings. The maximum atomic E-state index is 10.9. The van der Waals surface area contributed by atoms with Crippen LogP contribution in [0.4, 0.5) is 0 Å². The summed E-state index contributed by atoms with van der Waals surface area (Å²) in [5, 5.41) is 4.77. The van der Waals surface area contributed by atoms with E-state index in [1.165, 1.54) is 5.56 Å². The molecule has 0 fully saturated rings.